The average Bonchev–Trinajstić information content (AvgIpc) is 2.15. The van der Waals surface area contributed by atoms with Crippen molar-refractivity contribution >= 4 is 16.4 Å². The van der Waals surface area contributed by atoms with Gasteiger partial charge in [0.05, 0.1) is 10.3 Å². The number of hydrogen-bond acceptors (Lipinski definition) is 3. The number of alkyl halides is 3. The number of halogens is 3. The zero-order valence-corrected chi connectivity index (χ0v) is 10.1. The highest BCUT2D eigenvalue weighted by atomic mass is 32.2. The van der Waals surface area contributed by atoms with Crippen LogP contribution in [0.1, 0.15) is 25.0 Å². The molecule has 0 aliphatic rings. The van der Waals surface area contributed by atoms with Gasteiger partial charge in [-0.25, -0.2) is 8.42 Å². The molecule has 17 heavy (non-hydrogen) atoms. The van der Waals surface area contributed by atoms with Crippen molar-refractivity contribution < 1.29 is 21.6 Å². The molecule has 0 unspecified atom stereocenters. The minimum atomic E-state index is -4.49. The van der Waals surface area contributed by atoms with E-state index in [0.717, 1.165) is 18.2 Å². The van der Waals surface area contributed by atoms with E-state index in [4.69, 9.17) is 5.73 Å². The first-order chi connectivity index (χ1) is 7.56. The maximum absolute atomic E-state index is 12.4. The van der Waals surface area contributed by atoms with Crippen LogP contribution < -0.4 is 5.73 Å². The monoisotopic (exact) mass is 267 g/mol. The van der Waals surface area contributed by atoms with Crippen molar-refractivity contribution in [3.8, 4) is 0 Å². The van der Waals surface area contributed by atoms with Gasteiger partial charge in [0.15, 0.2) is 0 Å². The second-order valence-corrected chi connectivity index (χ2v) is 5.75. The lowest BCUT2D eigenvalue weighted by Gasteiger charge is -2.20. The summed E-state index contributed by atoms with van der Waals surface area (Å²) in [5.41, 5.74) is 4.57. The van der Waals surface area contributed by atoms with Gasteiger partial charge in [0.1, 0.15) is 10.7 Å². The minimum Gasteiger partial charge on any atom is -0.398 e. The molecule has 0 aliphatic carbocycles. The summed E-state index contributed by atoms with van der Waals surface area (Å²) in [6.07, 6.45) is -4.49. The number of rotatable bonds is 2. The molecule has 1 rings (SSSR count). The van der Waals surface area contributed by atoms with Crippen molar-refractivity contribution in [1.29, 1.82) is 0 Å². The number of nitrogen functional groups attached to an aromatic ring is 1. The second-order valence-electron chi connectivity index (χ2n) is 4.12. The Hall–Kier alpha value is -1.24. The lowest BCUT2D eigenvalue weighted by Crippen LogP contribution is -2.21. The lowest BCUT2D eigenvalue weighted by atomic mass is 9.98. The first kappa shape index (κ1) is 13.8. The van der Waals surface area contributed by atoms with E-state index in [-0.39, 0.29) is 11.3 Å². The predicted octanol–water partition coefficient (Wildman–Crippen LogP) is 2.13. The molecule has 0 aromatic heterocycles. The van der Waals surface area contributed by atoms with Crippen LogP contribution in [-0.2, 0) is 21.6 Å². The third-order valence-electron chi connectivity index (χ3n) is 2.49. The van der Waals surface area contributed by atoms with Gasteiger partial charge in [0, 0.05) is 5.69 Å². The SMILES string of the molecule is CC(C)(c1ccc(C(F)(F)F)cc1N)[SH](=O)=O. The molecular weight excluding hydrogens is 255 g/mol. The summed E-state index contributed by atoms with van der Waals surface area (Å²) in [5.74, 6) is 0. The predicted molar refractivity (Wildman–Crippen MR) is 59.2 cm³/mol. The van der Waals surface area contributed by atoms with E-state index in [1.165, 1.54) is 13.8 Å². The van der Waals surface area contributed by atoms with Crippen LogP contribution >= 0.6 is 0 Å². The second kappa shape index (κ2) is 4.21. The van der Waals surface area contributed by atoms with E-state index in [9.17, 15) is 21.6 Å². The molecule has 0 bridgehead atoms. The normalized spacial score (nSPS) is 13.1. The summed E-state index contributed by atoms with van der Waals surface area (Å²) in [4.78, 5) is 0. The Morgan fingerprint density at radius 2 is 1.71 bits per heavy atom. The van der Waals surface area contributed by atoms with Crippen LogP contribution in [0.4, 0.5) is 18.9 Å². The number of hydrogen-bond donors (Lipinski definition) is 2. The lowest BCUT2D eigenvalue weighted by molar-refractivity contribution is -0.137. The summed E-state index contributed by atoms with van der Waals surface area (Å²) in [5, 5.41) is 0. The van der Waals surface area contributed by atoms with Crippen molar-refractivity contribution in [2.75, 3.05) is 5.73 Å². The summed E-state index contributed by atoms with van der Waals surface area (Å²) in [6, 6.07) is 2.67. The van der Waals surface area contributed by atoms with Crippen molar-refractivity contribution in [1.82, 2.24) is 0 Å². The van der Waals surface area contributed by atoms with Crippen LogP contribution in [0.2, 0.25) is 0 Å². The van der Waals surface area contributed by atoms with Gasteiger partial charge in [0.25, 0.3) is 0 Å². The van der Waals surface area contributed by atoms with Gasteiger partial charge in [0.2, 0.25) is 0 Å². The fourth-order valence-corrected chi connectivity index (χ4v) is 1.79. The molecule has 0 saturated carbocycles. The molecular formula is C10H12F3NO2S. The van der Waals surface area contributed by atoms with Crippen molar-refractivity contribution in [3.63, 3.8) is 0 Å². The van der Waals surface area contributed by atoms with Crippen LogP contribution in [0, 0.1) is 0 Å². The number of nitrogens with two attached hydrogens (primary N) is 1. The maximum Gasteiger partial charge on any atom is 0.416 e. The molecule has 0 amide bonds. The molecule has 1 aromatic carbocycles. The molecule has 0 spiro atoms. The number of anilines is 1. The van der Waals surface area contributed by atoms with E-state index >= 15 is 0 Å². The van der Waals surface area contributed by atoms with Gasteiger partial charge in [-0.05, 0) is 31.5 Å². The van der Waals surface area contributed by atoms with E-state index < -0.39 is 27.2 Å². The minimum absolute atomic E-state index is 0.168. The highest BCUT2D eigenvalue weighted by Crippen LogP contribution is 2.35. The zero-order valence-electron chi connectivity index (χ0n) is 9.21. The highest BCUT2D eigenvalue weighted by Gasteiger charge is 2.33. The largest absolute Gasteiger partial charge is 0.416 e. The molecule has 7 heteroatoms. The summed E-state index contributed by atoms with van der Waals surface area (Å²) in [7, 11) is -2.84. The van der Waals surface area contributed by atoms with Gasteiger partial charge in [-0.15, -0.1) is 0 Å². The van der Waals surface area contributed by atoms with Gasteiger partial charge in [-0.3, -0.25) is 0 Å². The van der Waals surface area contributed by atoms with Crippen LogP contribution in [0.25, 0.3) is 0 Å². The molecule has 0 heterocycles. The van der Waals surface area contributed by atoms with E-state index in [1.807, 2.05) is 0 Å². The molecule has 0 aliphatic heterocycles. The summed E-state index contributed by atoms with van der Waals surface area (Å²) in [6.45, 7) is 2.77. The third-order valence-corrected chi connectivity index (χ3v) is 3.65. The number of thiol groups is 1. The Balaban J connectivity index is 3.34. The topological polar surface area (TPSA) is 60.2 Å². The van der Waals surface area contributed by atoms with Gasteiger partial charge in [-0.2, -0.15) is 13.2 Å². The van der Waals surface area contributed by atoms with Crippen LogP contribution in [0.5, 0.6) is 0 Å². The van der Waals surface area contributed by atoms with Crippen LogP contribution in [0.15, 0.2) is 18.2 Å². The van der Waals surface area contributed by atoms with Gasteiger partial charge in [-0.1, -0.05) is 6.07 Å². The first-order valence-electron chi connectivity index (χ1n) is 4.68. The van der Waals surface area contributed by atoms with Crippen molar-refractivity contribution in [2.45, 2.75) is 24.8 Å². The standard InChI is InChI=1S/C10H12F3NO2S/c1-9(2,17(15)16)7-4-3-6(5-8(7)14)10(11,12)13/h3-5,17H,14H2,1-2H3. The Labute approximate surface area is 98.4 Å². The van der Waals surface area contributed by atoms with E-state index in [1.54, 1.807) is 0 Å². The van der Waals surface area contributed by atoms with Crippen molar-refractivity contribution in [2.24, 2.45) is 0 Å². The van der Waals surface area contributed by atoms with Crippen LogP contribution in [0.3, 0.4) is 0 Å². The molecule has 2 N–H and O–H groups in total. The molecule has 0 saturated heterocycles. The third kappa shape index (κ3) is 2.71. The highest BCUT2D eigenvalue weighted by molar-refractivity contribution is 7.73. The Morgan fingerprint density at radius 1 is 1.18 bits per heavy atom. The molecule has 1 aromatic rings. The average molecular weight is 267 g/mol. The molecule has 0 radical (unpaired) electrons. The molecule has 96 valence electrons. The fraction of sp³-hybridized carbons (Fsp3) is 0.400. The van der Waals surface area contributed by atoms with Crippen molar-refractivity contribution in [3.05, 3.63) is 29.3 Å². The zero-order chi connectivity index (χ0) is 13.4. The maximum atomic E-state index is 12.4. The van der Waals surface area contributed by atoms with E-state index in [0.29, 0.717) is 0 Å². The summed E-state index contributed by atoms with van der Waals surface area (Å²) < 4.78 is 57.9. The quantitative estimate of drug-likeness (QED) is 0.637. The molecule has 0 atom stereocenters. The smallest absolute Gasteiger partial charge is 0.398 e. The number of benzene rings is 1. The Bertz CT molecular complexity index is 499. The Kier molecular flexibility index (Phi) is 3.42. The van der Waals surface area contributed by atoms with E-state index in [2.05, 4.69) is 0 Å². The van der Waals surface area contributed by atoms with Gasteiger partial charge >= 0.3 is 6.18 Å². The fourth-order valence-electron chi connectivity index (χ4n) is 1.39. The first-order valence-corrected chi connectivity index (χ1v) is 5.86. The van der Waals surface area contributed by atoms with Gasteiger partial charge < -0.3 is 5.73 Å². The van der Waals surface area contributed by atoms with Crippen LogP contribution in [-0.4, -0.2) is 8.42 Å². The molecule has 0 fully saturated rings. The molecule has 3 nitrogen and oxygen atoms in total. The summed E-state index contributed by atoms with van der Waals surface area (Å²) >= 11 is 0. The Morgan fingerprint density at radius 3 is 2.06 bits per heavy atom.